The molecule has 5 N–H and O–H groups in total. The monoisotopic (exact) mass is 418 g/mol. The van der Waals surface area contributed by atoms with E-state index in [9.17, 15) is 19.8 Å². The van der Waals surface area contributed by atoms with Gasteiger partial charge in [0.05, 0.1) is 5.56 Å². The molecule has 3 aromatic carbocycles. The molecule has 0 unspecified atom stereocenters. The van der Waals surface area contributed by atoms with Crippen molar-refractivity contribution in [2.45, 2.75) is 12.0 Å². The van der Waals surface area contributed by atoms with Crippen LogP contribution in [0.15, 0.2) is 54.6 Å². The van der Waals surface area contributed by atoms with Crippen molar-refractivity contribution in [3.8, 4) is 23.0 Å². The fraction of sp³-hybridized carbons (Fsp3) is 0.130. The van der Waals surface area contributed by atoms with Gasteiger partial charge in [-0.25, -0.2) is 4.79 Å². The van der Waals surface area contributed by atoms with E-state index in [0.717, 1.165) is 0 Å². The fourth-order valence-electron chi connectivity index (χ4n) is 4.14. The van der Waals surface area contributed by atoms with Crippen molar-refractivity contribution in [1.82, 2.24) is 0 Å². The lowest BCUT2D eigenvalue weighted by atomic mass is 9.77. The van der Waals surface area contributed by atoms with Crippen molar-refractivity contribution in [2.24, 2.45) is 5.73 Å². The smallest absolute Gasteiger partial charge is 0.340 e. The van der Waals surface area contributed by atoms with Gasteiger partial charge in [0, 0.05) is 47.5 Å². The zero-order valence-electron chi connectivity index (χ0n) is 16.2. The Labute approximate surface area is 176 Å². The predicted octanol–water partition coefficient (Wildman–Crippen LogP) is 2.95. The van der Waals surface area contributed by atoms with Gasteiger partial charge in [0.25, 0.3) is 0 Å². The number of carbonyl (C=O) groups is 2. The van der Waals surface area contributed by atoms with Gasteiger partial charge in [-0.1, -0.05) is 6.07 Å². The number of ether oxygens (including phenoxy) is 2. The molecule has 2 aliphatic heterocycles. The molecule has 2 heterocycles. The lowest BCUT2D eigenvalue weighted by Crippen LogP contribution is -2.32. The van der Waals surface area contributed by atoms with E-state index >= 15 is 0 Å². The summed E-state index contributed by atoms with van der Waals surface area (Å²) >= 11 is 0. The number of rotatable bonds is 3. The van der Waals surface area contributed by atoms with Gasteiger partial charge in [-0.3, -0.25) is 4.79 Å². The molecule has 0 radical (unpaired) electrons. The van der Waals surface area contributed by atoms with E-state index in [-0.39, 0.29) is 30.4 Å². The van der Waals surface area contributed by atoms with Crippen molar-refractivity contribution >= 4 is 17.6 Å². The maximum Gasteiger partial charge on any atom is 0.340 e. The third-order valence-electron chi connectivity index (χ3n) is 5.43. The first-order valence-corrected chi connectivity index (χ1v) is 9.65. The predicted molar refractivity (Wildman–Crippen MR) is 110 cm³/mol. The Kier molecular flexibility index (Phi) is 4.13. The van der Waals surface area contributed by atoms with Crippen molar-refractivity contribution in [3.63, 3.8) is 0 Å². The number of phenolic OH excluding ortho intramolecular Hbond substituents is 2. The lowest BCUT2D eigenvalue weighted by molar-refractivity contribution is -0.116. The summed E-state index contributed by atoms with van der Waals surface area (Å²) in [6.07, 6.45) is 0.163. The van der Waals surface area contributed by atoms with Gasteiger partial charge in [-0.2, -0.15) is 0 Å². The first-order valence-electron chi connectivity index (χ1n) is 9.65. The van der Waals surface area contributed by atoms with Crippen molar-refractivity contribution in [2.75, 3.05) is 11.9 Å². The average Bonchev–Trinajstić information content (AvgIpc) is 3.00. The third kappa shape index (κ3) is 2.80. The van der Waals surface area contributed by atoms with E-state index in [2.05, 4.69) is 5.32 Å². The number of hydrogen-bond donors (Lipinski definition) is 4. The number of esters is 1. The molecule has 156 valence electrons. The lowest BCUT2D eigenvalue weighted by Gasteiger charge is -2.36. The van der Waals surface area contributed by atoms with E-state index < -0.39 is 11.6 Å². The van der Waals surface area contributed by atoms with E-state index in [0.29, 0.717) is 39.4 Å². The number of carbonyl (C=O) groups excluding carboxylic acids is 2. The van der Waals surface area contributed by atoms with Crippen LogP contribution in [0.2, 0.25) is 0 Å². The van der Waals surface area contributed by atoms with E-state index in [4.69, 9.17) is 15.2 Å². The topological polar surface area (TPSA) is 131 Å². The quantitative estimate of drug-likeness (QED) is 0.481. The SMILES string of the molecule is NCCC(=O)Nc1ccc2c(c1)C(=O)OC21c2ccc(O)cc2Oc2cc(O)ccc21. The van der Waals surface area contributed by atoms with Crippen LogP contribution in [0.5, 0.6) is 23.0 Å². The van der Waals surface area contributed by atoms with E-state index in [1.165, 1.54) is 24.3 Å². The first kappa shape index (κ1) is 19.0. The minimum absolute atomic E-state index is 0.0139. The number of benzene rings is 3. The summed E-state index contributed by atoms with van der Waals surface area (Å²) in [4.78, 5) is 24.9. The molecule has 0 aliphatic carbocycles. The molecule has 5 rings (SSSR count). The summed E-state index contributed by atoms with van der Waals surface area (Å²) < 4.78 is 11.9. The molecule has 0 saturated carbocycles. The second-order valence-corrected chi connectivity index (χ2v) is 7.38. The van der Waals surface area contributed by atoms with Gasteiger partial charge >= 0.3 is 5.97 Å². The largest absolute Gasteiger partial charge is 0.508 e. The van der Waals surface area contributed by atoms with Crippen LogP contribution in [-0.2, 0) is 15.1 Å². The number of hydrogen-bond acceptors (Lipinski definition) is 7. The van der Waals surface area contributed by atoms with Gasteiger partial charge < -0.3 is 30.7 Å². The Morgan fingerprint density at radius 2 is 1.55 bits per heavy atom. The Bertz CT molecular complexity index is 1200. The van der Waals surface area contributed by atoms with Gasteiger partial charge in [0.15, 0.2) is 5.60 Å². The molecular formula is C23H18N2O6. The normalized spacial score (nSPS) is 14.8. The highest BCUT2D eigenvalue weighted by atomic mass is 16.6. The molecule has 3 aromatic rings. The Balaban J connectivity index is 1.71. The Hall–Kier alpha value is -4.04. The molecule has 8 nitrogen and oxygen atoms in total. The first-order chi connectivity index (χ1) is 14.9. The van der Waals surface area contributed by atoms with Crippen molar-refractivity contribution < 1.29 is 29.3 Å². The van der Waals surface area contributed by atoms with Crippen LogP contribution >= 0.6 is 0 Å². The number of nitrogens with one attached hydrogen (secondary N) is 1. The molecule has 2 aliphatic rings. The zero-order valence-corrected chi connectivity index (χ0v) is 16.2. The Morgan fingerprint density at radius 1 is 0.935 bits per heavy atom. The van der Waals surface area contributed by atoms with Crippen LogP contribution in [0.25, 0.3) is 0 Å². The fourth-order valence-corrected chi connectivity index (χ4v) is 4.14. The summed E-state index contributed by atoms with van der Waals surface area (Å²) in [7, 11) is 0. The molecule has 0 saturated heterocycles. The average molecular weight is 418 g/mol. The zero-order chi connectivity index (χ0) is 21.8. The minimum Gasteiger partial charge on any atom is -0.508 e. The number of anilines is 1. The molecule has 0 aromatic heterocycles. The molecule has 1 amide bonds. The second-order valence-electron chi connectivity index (χ2n) is 7.38. The maximum atomic E-state index is 13.0. The summed E-state index contributed by atoms with van der Waals surface area (Å²) in [6, 6.07) is 14.1. The maximum absolute atomic E-state index is 13.0. The molecular weight excluding hydrogens is 400 g/mol. The highest BCUT2D eigenvalue weighted by Gasteiger charge is 2.53. The number of fused-ring (bicyclic) bond motifs is 6. The number of amides is 1. The molecule has 0 fully saturated rings. The number of nitrogens with two attached hydrogens (primary N) is 1. The molecule has 0 atom stereocenters. The summed E-state index contributed by atoms with van der Waals surface area (Å²) in [5.41, 5.74) is 6.49. The van der Waals surface area contributed by atoms with Gasteiger partial charge in [0.2, 0.25) is 5.91 Å². The van der Waals surface area contributed by atoms with E-state index in [1.807, 2.05) is 0 Å². The van der Waals surface area contributed by atoms with Crippen LogP contribution in [0.3, 0.4) is 0 Å². The second kappa shape index (κ2) is 6.75. The molecule has 0 bridgehead atoms. The summed E-state index contributed by atoms with van der Waals surface area (Å²) in [6.45, 7) is 0.217. The Morgan fingerprint density at radius 3 is 2.16 bits per heavy atom. The van der Waals surface area contributed by atoms with Gasteiger partial charge in [-0.15, -0.1) is 0 Å². The van der Waals surface area contributed by atoms with Crippen LogP contribution in [0.1, 0.15) is 33.5 Å². The minimum atomic E-state index is -1.32. The summed E-state index contributed by atoms with van der Waals surface area (Å²) in [5, 5.41) is 22.6. The highest BCUT2D eigenvalue weighted by molar-refractivity contribution is 5.99. The van der Waals surface area contributed by atoms with E-state index in [1.54, 1.807) is 30.3 Å². The van der Waals surface area contributed by atoms with Crippen LogP contribution in [-0.4, -0.2) is 28.6 Å². The summed E-state index contributed by atoms with van der Waals surface area (Å²) in [5.74, 6) is -0.237. The number of phenols is 2. The van der Waals surface area contributed by atoms with Crippen LogP contribution in [0.4, 0.5) is 5.69 Å². The highest BCUT2D eigenvalue weighted by Crippen LogP contribution is 2.57. The van der Waals surface area contributed by atoms with Crippen molar-refractivity contribution in [1.29, 1.82) is 0 Å². The van der Waals surface area contributed by atoms with Crippen molar-refractivity contribution in [3.05, 3.63) is 76.9 Å². The molecule has 8 heteroatoms. The van der Waals surface area contributed by atoms with Gasteiger partial charge in [0.1, 0.15) is 23.0 Å². The van der Waals surface area contributed by atoms with Gasteiger partial charge in [-0.05, 0) is 36.4 Å². The third-order valence-corrected chi connectivity index (χ3v) is 5.43. The van der Waals surface area contributed by atoms with Crippen LogP contribution in [0, 0.1) is 0 Å². The molecule has 31 heavy (non-hydrogen) atoms. The molecule has 1 spiro atoms. The standard InChI is InChI=1S/C23H18N2O6/c24-8-7-21(28)25-12-1-4-16-15(9-12)22(29)31-23(16)17-5-2-13(26)10-19(17)30-20-11-14(27)3-6-18(20)23/h1-6,9-11,26-27H,7-8,24H2,(H,25,28). The number of aromatic hydroxyl groups is 2. The van der Waals surface area contributed by atoms with Crippen LogP contribution < -0.4 is 15.8 Å².